The Hall–Kier alpha value is -3.44. The Labute approximate surface area is 179 Å². The van der Waals surface area contributed by atoms with Crippen molar-refractivity contribution in [3.05, 3.63) is 106 Å². The Morgan fingerprint density at radius 3 is 2.13 bits per heavy atom. The Morgan fingerprint density at radius 1 is 0.867 bits per heavy atom. The SMILES string of the molecule is C[C@H](NC(=O)COC(=O)c1ccccc1C(=O)c1ccc(Cl)cc1)c1ccccc1. The van der Waals surface area contributed by atoms with E-state index >= 15 is 0 Å². The third-order valence-electron chi connectivity index (χ3n) is 4.51. The van der Waals surface area contributed by atoms with E-state index in [0.717, 1.165) is 5.56 Å². The van der Waals surface area contributed by atoms with Crippen molar-refractivity contribution < 1.29 is 19.1 Å². The topological polar surface area (TPSA) is 72.5 Å². The molecule has 0 radical (unpaired) electrons. The lowest BCUT2D eigenvalue weighted by molar-refractivity contribution is -0.124. The largest absolute Gasteiger partial charge is 0.452 e. The van der Waals surface area contributed by atoms with Gasteiger partial charge in [0.1, 0.15) is 0 Å². The van der Waals surface area contributed by atoms with Gasteiger partial charge in [0.05, 0.1) is 11.6 Å². The number of hydrogen-bond donors (Lipinski definition) is 1. The number of halogens is 1. The van der Waals surface area contributed by atoms with E-state index in [2.05, 4.69) is 5.32 Å². The highest BCUT2D eigenvalue weighted by Gasteiger charge is 2.20. The first-order valence-electron chi connectivity index (χ1n) is 9.36. The monoisotopic (exact) mass is 421 g/mol. The van der Waals surface area contributed by atoms with Crippen LogP contribution in [-0.4, -0.2) is 24.3 Å². The maximum atomic E-state index is 12.8. The van der Waals surface area contributed by atoms with Crippen LogP contribution in [0.3, 0.4) is 0 Å². The summed E-state index contributed by atoms with van der Waals surface area (Å²) in [4.78, 5) is 37.5. The summed E-state index contributed by atoms with van der Waals surface area (Å²) in [5, 5.41) is 3.29. The van der Waals surface area contributed by atoms with Gasteiger partial charge < -0.3 is 10.1 Å². The van der Waals surface area contributed by atoms with Gasteiger partial charge in [-0.2, -0.15) is 0 Å². The van der Waals surface area contributed by atoms with Crippen LogP contribution in [0.1, 0.15) is 44.8 Å². The van der Waals surface area contributed by atoms with Crippen molar-refractivity contribution in [2.45, 2.75) is 13.0 Å². The van der Waals surface area contributed by atoms with Crippen LogP contribution in [0, 0.1) is 0 Å². The van der Waals surface area contributed by atoms with E-state index in [-0.39, 0.29) is 23.0 Å². The summed E-state index contributed by atoms with van der Waals surface area (Å²) in [7, 11) is 0. The fraction of sp³-hybridized carbons (Fsp3) is 0.125. The van der Waals surface area contributed by atoms with E-state index in [4.69, 9.17) is 16.3 Å². The number of amides is 1. The molecule has 152 valence electrons. The van der Waals surface area contributed by atoms with Crippen LogP contribution in [0.4, 0.5) is 0 Å². The van der Waals surface area contributed by atoms with Crippen molar-refractivity contribution in [3.8, 4) is 0 Å². The van der Waals surface area contributed by atoms with Crippen LogP contribution >= 0.6 is 11.6 Å². The number of esters is 1. The molecular weight excluding hydrogens is 402 g/mol. The molecular formula is C24H20ClNO4. The minimum atomic E-state index is -0.740. The molecule has 0 saturated heterocycles. The molecule has 0 bridgehead atoms. The van der Waals surface area contributed by atoms with Crippen LogP contribution in [0.5, 0.6) is 0 Å². The summed E-state index contributed by atoms with van der Waals surface area (Å²) in [6, 6.07) is 21.9. The molecule has 0 aliphatic rings. The Bertz CT molecular complexity index is 1050. The Kier molecular flexibility index (Phi) is 6.99. The number of benzene rings is 3. The van der Waals surface area contributed by atoms with Gasteiger partial charge in [-0.1, -0.05) is 60.1 Å². The molecule has 5 nitrogen and oxygen atoms in total. The lowest BCUT2D eigenvalue weighted by Gasteiger charge is -2.14. The van der Waals surface area contributed by atoms with Crippen molar-refractivity contribution in [3.63, 3.8) is 0 Å². The molecule has 3 rings (SSSR count). The highest BCUT2D eigenvalue weighted by Crippen LogP contribution is 2.18. The Balaban J connectivity index is 1.65. The zero-order valence-electron chi connectivity index (χ0n) is 16.3. The molecule has 0 aromatic heterocycles. The van der Waals surface area contributed by atoms with Gasteiger partial charge in [0.2, 0.25) is 0 Å². The zero-order valence-corrected chi connectivity index (χ0v) is 17.1. The van der Waals surface area contributed by atoms with Crippen LogP contribution in [0.2, 0.25) is 5.02 Å². The molecule has 3 aromatic rings. The molecule has 1 N–H and O–H groups in total. The van der Waals surface area contributed by atoms with Crippen molar-refractivity contribution >= 4 is 29.3 Å². The first-order valence-corrected chi connectivity index (χ1v) is 9.74. The Morgan fingerprint density at radius 2 is 1.47 bits per heavy atom. The summed E-state index contributed by atoms with van der Waals surface area (Å²) in [6.45, 7) is 1.40. The van der Waals surface area contributed by atoms with E-state index in [1.54, 1.807) is 42.5 Å². The predicted octanol–water partition coefficient (Wildman–Crippen LogP) is 4.61. The minimum Gasteiger partial charge on any atom is -0.452 e. The number of rotatable bonds is 7. The van der Waals surface area contributed by atoms with E-state index in [1.165, 1.54) is 6.07 Å². The zero-order chi connectivity index (χ0) is 21.5. The summed E-state index contributed by atoms with van der Waals surface area (Å²) in [5.74, 6) is -1.50. The standard InChI is InChI=1S/C24H20ClNO4/c1-16(17-7-3-2-4-8-17)26-22(27)15-30-24(29)21-10-6-5-9-20(21)23(28)18-11-13-19(25)14-12-18/h2-14,16H,15H2,1H3,(H,26,27)/t16-/m0/s1. The van der Waals surface area contributed by atoms with E-state index < -0.39 is 18.5 Å². The average Bonchev–Trinajstić information content (AvgIpc) is 2.78. The smallest absolute Gasteiger partial charge is 0.339 e. The molecule has 0 saturated carbocycles. The molecule has 0 heterocycles. The molecule has 0 spiro atoms. The summed E-state index contributed by atoms with van der Waals surface area (Å²) in [6.07, 6.45) is 0. The molecule has 0 unspecified atom stereocenters. The van der Waals surface area contributed by atoms with Gasteiger partial charge in [0.25, 0.3) is 5.91 Å². The van der Waals surface area contributed by atoms with Crippen LogP contribution in [0.15, 0.2) is 78.9 Å². The first-order chi connectivity index (χ1) is 14.5. The van der Waals surface area contributed by atoms with Crippen LogP contribution in [-0.2, 0) is 9.53 Å². The number of ketones is 1. The average molecular weight is 422 g/mol. The van der Waals surface area contributed by atoms with Crippen LogP contribution < -0.4 is 5.32 Å². The van der Waals surface area contributed by atoms with Crippen LogP contribution in [0.25, 0.3) is 0 Å². The van der Waals surface area contributed by atoms with Crippen molar-refractivity contribution in [1.82, 2.24) is 5.32 Å². The van der Waals surface area contributed by atoms with E-state index in [0.29, 0.717) is 10.6 Å². The third kappa shape index (κ3) is 5.33. The predicted molar refractivity (Wildman–Crippen MR) is 115 cm³/mol. The lowest BCUT2D eigenvalue weighted by atomic mass is 9.98. The van der Waals surface area contributed by atoms with Gasteiger partial charge in [-0.3, -0.25) is 9.59 Å². The fourth-order valence-electron chi connectivity index (χ4n) is 2.93. The molecule has 1 atom stereocenters. The van der Waals surface area contributed by atoms with Gasteiger partial charge in [0.15, 0.2) is 12.4 Å². The van der Waals surface area contributed by atoms with Gasteiger partial charge in [-0.15, -0.1) is 0 Å². The quantitative estimate of drug-likeness (QED) is 0.447. The number of ether oxygens (including phenoxy) is 1. The molecule has 30 heavy (non-hydrogen) atoms. The van der Waals surface area contributed by atoms with Gasteiger partial charge >= 0.3 is 5.97 Å². The lowest BCUT2D eigenvalue weighted by Crippen LogP contribution is -2.31. The van der Waals surface area contributed by atoms with Gasteiger partial charge in [-0.05, 0) is 42.8 Å². The van der Waals surface area contributed by atoms with Gasteiger partial charge in [0, 0.05) is 16.1 Å². The number of carbonyl (C=O) groups excluding carboxylic acids is 3. The van der Waals surface area contributed by atoms with Crippen molar-refractivity contribution in [1.29, 1.82) is 0 Å². The van der Waals surface area contributed by atoms with E-state index in [1.807, 2.05) is 37.3 Å². The van der Waals surface area contributed by atoms with Gasteiger partial charge in [-0.25, -0.2) is 4.79 Å². The summed E-state index contributed by atoms with van der Waals surface area (Å²) < 4.78 is 5.15. The fourth-order valence-corrected chi connectivity index (χ4v) is 3.06. The number of nitrogens with one attached hydrogen (secondary N) is 1. The minimum absolute atomic E-state index is 0.0985. The highest BCUT2D eigenvalue weighted by molar-refractivity contribution is 6.30. The van der Waals surface area contributed by atoms with Crippen molar-refractivity contribution in [2.24, 2.45) is 0 Å². The first kappa shape index (κ1) is 21.3. The second-order valence-corrected chi connectivity index (χ2v) is 7.09. The molecule has 0 fully saturated rings. The molecule has 3 aromatic carbocycles. The summed E-state index contributed by atoms with van der Waals surface area (Å²) >= 11 is 5.87. The number of carbonyl (C=O) groups is 3. The molecule has 6 heteroatoms. The maximum absolute atomic E-state index is 12.8. The molecule has 0 aliphatic carbocycles. The second kappa shape index (κ2) is 9.85. The normalized spacial score (nSPS) is 11.4. The summed E-state index contributed by atoms with van der Waals surface area (Å²) in [5.41, 5.74) is 1.63. The number of hydrogen-bond acceptors (Lipinski definition) is 4. The van der Waals surface area contributed by atoms with E-state index in [9.17, 15) is 14.4 Å². The second-order valence-electron chi connectivity index (χ2n) is 6.66. The molecule has 0 aliphatic heterocycles. The molecule has 1 amide bonds. The maximum Gasteiger partial charge on any atom is 0.339 e. The highest BCUT2D eigenvalue weighted by atomic mass is 35.5. The third-order valence-corrected chi connectivity index (χ3v) is 4.76. The van der Waals surface area contributed by atoms with Crippen molar-refractivity contribution in [2.75, 3.05) is 6.61 Å².